The van der Waals surface area contributed by atoms with Crippen LogP contribution >= 0.6 is 0 Å². The Bertz CT molecular complexity index is 887. The summed E-state index contributed by atoms with van der Waals surface area (Å²) >= 11 is 0. The quantitative estimate of drug-likeness (QED) is 0.806. The van der Waals surface area contributed by atoms with Gasteiger partial charge in [-0.2, -0.15) is 5.10 Å². The Kier molecular flexibility index (Phi) is 3.57. The summed E-state index contributed by atoms with van der Waals surface area (Å²) in [6.45, 7) is 0. The molecule has 4 rings (SSSR count). The van der Waals surface area contributed by atoms with E-state index in [2.05, 4.69) is 15.4 Å². The standard InChI is InChI=1S/C18H15FN4O/c19-12-6-8-14(9-7-12)23-16-5-1-4-15(16)17(22-23)18(24)21-13-3-2-10-20-11-13/h2-3,6-11H,1,4-5H2,(H,21,24). The van der Waals surface area contributed by atoms with Crippen molar-refractivity contribution in [3.8, 4) is 5.69 Å². The van der Waals surface area contributed by atoms with E-state index in [-0.39, 0.29) is 11.7 Å². The summed E-state index contributed by atoms with van der Waals surface area (Å²) in [6, 6.07) is 9.67. The Hall–Kier alpha value is -3.02. The normalized spacial score (nSPS) is 12.9. The van der Waals surface area contributed by atoms with Crippen molar-refractivity contribution in [2.24, 2.45) is 0 Å². The highest BCUT2D eigenvalue weighted by Crippen LogP contribution is 2.28. The van der Waals surface area contributed by atoms with E-state index in [0.29, 0.717) is 11.4 Å². The molecule has 0 fully saturated rings. The molecule has 0 atom stereocenters. The van der Waals surface area contributed by atoms with Crippen molar-refractivity contribution >= 4 is 11.6 Å². The van der Waals surface area contributed by atoms with Gasteiger partial charge in [-0.15, -0.1) is 0 Å². The maximum absolute atomic E-state index is 13.2. The number of halogens is 1. The van der Waals surface area contributed by atoms with E-state index in [1.54, 1.807) is 41.3 Å². The molecule has 0 spiro atoms. The van der Waals surface area contributed by atoms with Crippen molar-refractivity contribution in [1.29, 1.82) is 0 Å². The monoisotopic (exact) mass is 322 g/mol. The molecule has 2 heterocycles. The summed E-state index contributed by atoms with van der Waals surface area (Å²) in [5.41, 5.74) is 3.81. The second-order valence-corrected chi connectivity index (χ2v) is 5.71. The molecule has 1 amide bonds. The van der Waals surface area contributed by atoms with E-state index < -0.39 is 0 Å². The number of nitrogens with zero attached hydrogens (tertiary/aromatic N) is 3. The maximum Gasteiger partial charge on any atom is 0.276 e. The van der Waals surface area contributed by atoms with E-state index in [1.807, 2.05) is 0 Å². The molecular formula is C18H15FN4O. The van der Waals surface area contributed by atoms with Crippen molar-refractivity contribution in [3.63, 3.8) is 0 Å². The first kappa shape index (κ1) is 14.6. The minimum Gasteiger partial charge on any atom is -0.319 e. The van der Waals surface area contributed by atoms with E-state index in [1.165, 1.54) is 12.1 Å². The number of aromatic nitrogens is 3. The molecule has 3 aromatic rings. The molecule has 1 aliphatic carbocycles. The van der Waals surface area contributed by atoms with E-state index in [4.69, 9.17) is 0 Å². The summed E-state index contributed by atoms with van der Waals surface area (Å²) in [5.74, 6) is -0.542. The van der Waals surface area contributed by atoms with E-state index in [9.17, 15) is 9.18 Å². The first-order valence-corrected chi connectivity index (χ1v) is 7.80. The SMILES string of the molecule is O=C(Nc1cccnc1)c1nn(-c2ccc(F)cc2)c2c1CCC2. The van der Waals surface area contributed by atoms with Gasteiger partial charge in [-0.25, -0.2) is 9.07 Å². The summed E-state index contributed by atoms with van der Waals surface area (Å²) in [6.07, 6.45) is 5.92. The fourth-order valence-electron chi connectivity index (χ4n) is 3.04. The molecule has 1 aromatic carbocycles. The van der Waals surface area contributed by atoms with Gasteiger partial charge < -0.3 is 5.32 Å². The predicted octanol–water partition coefficient (Wildman–Crippen LogP) is 3.15. The van der Waals surface area contributed by atoms with Crippen LogP contribution in [0.5, 0.6) is 0 Å². The van der Waals surface area contributed by atoms with E-state index >= 15 is 0 Å². The van der Waals surface area contributed by atoms with Crippen LogP contribution in [-0.4, -0.2) is 20.7 Å². The average Bonchev–Trinajstić information content (AvgIpc) is 3.19. The van der Waals surface area contributed by atoms with E-state index in [0.717, 1.165) is 36.2 Å². The average molecular weight is 322 g/mol. The van der Waals surface area contributed by atoms with Crippen molar-refractivity contribution in [3.05, 3.63) is 71.6 Å². The molecule has 0 bridgehead atoms. The molecule has 24 heavy (non-hydrogen) atoms. The molecule has 120 valence electrons. The highest BCUT2D eigenvalue weighted by atomic mass is 19.1. The van der Waals surface area contributed by atoms with Gasteiger partial charge >= 0.3 is 0 Å². The lowest BCUT2D eigenvalue weighted by Gasteiger charge is -2.05. The molecule has 5 nitrogen and oxygen atoms in total. The third-order valence-electron chi connectivity index (χ3n) is 4.14. The number of nitrogens with one attached hydrogen (secondary N) is 1. The number of rotatable bonds is 3. The first-order chi connectivity index (χ1) is 11.7. The summed E-state index contributed by atoms with van der Waals surface area (Å²) in [5, 5.41) is 7.31. The third-order valence-corrected chi connectivity index (χ3v) is 4.14. The van der Waals surface area contributed by atoms with Crippen LogP contribution in [0.25, 0.3) is 5.69 Å². The zero-order chi connectivity index (χ0) is 16.5. The lowest BCUT2D eigenvalue weighted by molar-refractivity contribution is 0.102. The predicted molar refractivity (Wildman–Crippen MR) is 87.7 cm³/mol. The number of hydrogen-bond acceptors (Lipinski definition) is 3. The largest absolute Gasteiger partial charge is 0.319 e. The molecule has 0 unspecified atom stereocenters. The zero-order valence-electron chi connectivity index (χ0n) is 12.9. The third kappa shape index (κ3) is 2.56. The van der Waals surface area contributed by atoms with Crippen LogP contribution < -0.4 is 5.32 Å². The van der Waals surface area contributed by atoms with Gasteiger partial charge in [0.05, 0.1) is 17.6 Å². The van der Waals surface area contributed by atoms with Gasteiger partial charge in [0.1, 0.15) is 5.82 Å². The highest BCUT2D eigenvalue weighted by Gasteiger charge is 2.27. The summed E-state index contributed by atoms with van der Waals surface area (Å²) < 4.78 is 14.9. The Morgan fingerprint density at radius 2 is 2.00 bits per heavy atom. The fraction of sp³-hybridized carbons (Fsp3) is 0.167. The molecule has 1 N–H and O–H groups in total. The van der Waals surface area contributed by atoms with Gasteiger partial charge in [-0.3, -0.25) is 9.78 Å². The Labute approximate surface area is 138 Å². The van der Waals surface area contributed by atoms with Gasteiger partial charge in [-0.1, -0.05) is 0 Å². The lowest BCUT2D eigenvalue weighted by Crippen LogP contribution is -2.15. The lowest BCUT2D eigenvalue weighted by atomic mass is 10.2. The Morgan fingerprint density at radius 1 is 1.17 bits per heavy atom. The van der Waals surface area contributed by atoms with Crippen molar-refractivity contribution in [2.75, 3.05) is 5.32 Å². The van der Waals surface area contributed by atoms with Crippen molar-refractivity contribution in [1.82, 2.24) is 14.8 Å². The number of carbonyl (C=O) groups is 1. The number of benzene rings is 1. The van der Waals surface area contributed by atoms with Crippen molar-refractivity contribution in [2.45, 2.75) is 19.3 Å². The molecule has 6 heteroatoms. The number of anilines is 1. The number of hydrogen-bond donors (Lipinski definition) is 1. The van der Waals surface area contributed by atoms with Gasteiger partial charge in [0.2, 0.25) is 0 Å². The molecule has 0 radical (unpaired) electrons. The maximum atomic E-state index is 13.2. The number of pyridine rings is 1. The molecule has 0 aliphatic heterocycles. The fourth-order valence-corrected chi connectivity index (χ4v) is 3.04. The van der Waals surface area contributed by atoms with Crippen LogP contribution in [-0.2, 0) is 12.8 Å². The van der Waals surface area contributed by atoms with Crippen LogP contribution in [0.1, 0.15) is 28.2 Å². The molecule has 0 saturated heterocycles. The van der Waals surface area contributed by atoms with Gasteiger partial charge in [0.25, 0.3) is 5.91 Å². The first-order valence-electron chi connectivity index (χ1n) is 7.80. The number of fused-ring (bicyclic) bond motifs is 1. The molecular weight excluding hydrogens is 307 g/mol. The van der Waals surface area contributed by atoms with Gasteiger partial charge in [0, 0.05) is 17.5 Å². The van der Waals surface area contributed by atoms with Crippen LogP contribution in [0.15, 0.2) is 48.8 Å². The number of amides is 1. The smallest absolute Gasteiger partial charge is 0.276 e. The van der Waals surface area contributed by atoms with Crippen LogP contribution in [0, 0.1) is 5.82 Å². The second-order valence-electron chi connectivity index (χ2n) is 5.71. The summed E-state index contributed by atoms with van der Waals surface area (Å²) in [7, 11) is 0. The van der Waals surface area contributed by atoms with Crippen LogP contribution in [0.4, 0.5) is 10.1 Å². The van der Waals surface area contributed by atoms with Gasteiger partial charge in [-0.05, 0) is 55.7 Å². The highest BCUT2D eigenvalue weighted by molar-refractivity contribution is 6.04. The van der Waals surface area contributed by atoms with Crippen LogP contribution in [0.2, 0.25) is 0 Å². The Balaban J connectivity index is 1.71. The zero-order valence-corrected chi connectivity index (χ0v) is 12.9. The minimum atomic E-state index is -0.294. The van der Waals surface area contributed by atoms with Crippen molar-refractivity contribution < 1.29 is 9.18 Å². The molecule has 2 aromatic heterocycles. The number of carbonyl (C=O) groups excluding carboxylic acids is 1. The molecule has 0 saturated carbocycles. The van der Waals surface area contributed by atoms with Gasteiger partial charge in [0.15, 0.2) is 5.69 Å². The molecule has 1 aliphatic rings. The Morgan fingerprint density at radius 3 is 2.75 bits per heavy atom. The minimum absolute atomic E-state index is 0.248. The summed E-state index contributed by atoms with van der Waals surface area (Å²) in [4.78, 5) is 16.6. The topological polar surface area (TPSA) is 59.8 Å². The second kappa shape index (κ2) is 5.88. The van der Waals surface area contributed by atoms with Crippen LogP contribution in [0.3, 0.4) is 0 Å².